The van der Waals surface area contributed by atoms with E-state index in [1.807, 2.05) is 29.3 Å². The number of piperidine rings is 2. The van der Waals surface area contributed by atoms with Gasteiger partial charge in [-0.3, -0.25) is 53.7 Å². The number of carbonyl (C=O) groups is 8. The first-order chi connectivity index (χ1) is 33.4. The molecule has 0 spiro atoms. The average molecular weight is 946 g/mol. The molecule has 23 nitrogen and oxygen atoms in total. The molecule has 360 valence electrons. The number of nitrogens with zero attached hydrogens (tertiary/aromatic N) is 6. The van der Waals surface area contributed by atoms with Crippen LogP contribution in [0.3, 0.4) is 0 Å². The minimum atomic E-state index is -1.01. The second-order valence-electron chi connectivity index (χ2n) is 16.6. The van der Waals surface area contributed by atoms with E-state index < -0.39 is 29.9 Å². The molecule has 8 N–H and O–H groups in total. The van der Waals surface area contributed by atoms with E-state index in [2.05, 4.69) is 53.9 Å². The van der Waals surface area contributed by atoms with E-state index in [0.29, 0.717) is 66.7 Å². The highest BCUT2D eigenvalue weighted by Gasteiger charge is 2.41. The van der Waals surface area contributed by atoms with Crippen molar-refractivity contribution >= 4 is 75.7 Å². The number of hydrogen-bond acceptors (Lipinski definition) is 15. The van der Waals surface area contributed by atoms with E-state index in [-0.39, 0.29) is 75.0 Å². The molecule has 2 atom stereocenters. The summed E-state index contributed by atoms with van der Waals surface area (Å²) in [7, 11) is 0. The zero-order valence-corrected chi connectivity index (χ0v) is 37.6. The van der Waals surface area contributed by atoms with Crippen LogP contribution >= 0.6 is 0 Å². The van der Waals surface area contributed by atoms with Crippen LogP contribution in [-0.2, 0) is 53.1 Å². The van der Waals surface area contributed by atoms with Crippen LogP contribution in [0, 0.1) is 0 Å². The number of aryl methyl sites for hydroxylation is 1. The molecule has 69 heavy (non-hydrogen) atoms. The van der Waals surface area contributed by atoms with Gasteiger partial charge in [-0.15, -0.1) is 0 Å². The first-order valence-corrected chi connectivity index (χ1v) is 22.6. The number of rotatable bonds is 18. The van der Waals surface area contributed by atoms with Crippen LogP contribution in [0.4, 0.5) is 17.3 Å². The Balaban J connectivity index is 0.000000233. The largest absolute Gasteiger partial charge is 0.480 e. The molecule has 5 aromatic rings. The summed E-state index contributed by atoms with van der Waals surface area (Å²) in [5.41, 5.74) is 5.98. The molecule has 2 fully saturated rings. The molecular weight excluding hydrogens is 895 g/mol. The number of carboxylic acids is 1. The molecular formula is C46H51N13O10. The van der Waals surface area contributed by atoms with E-state index >= 15 is 0 Å². The van der Waals surface area contributed by atoms with Crippen LogP contribution in [0.5, 0.6) is 0 Å². The fraction of sp³-hybridized carbons (Fsp3) is 0.370. The minimum absolute atomic E-state index is 0.00283. The van der Waals surface area contributed by atoms with Gasteiger partial charge in [-0.05, 0) is 49.6 Å². The van der Waals surface area contributed by atoms with E-state index in [1.165, 1.54) is 9.80 Å². The first-order valence-electron chi connectivity index (χ1n) is 22.6. The summed E-state index contributed by atoms with van der Waals surface area (Å²) in [4.78, 5) is 111. The van der Waals surface area contributed by atoms with Crippen molar-refractivity contribution in [3.63, 3.8) is 0 Å². The van der Waals surface area contributed by atoms with E-state index in [9.17, 15) is 38.4 Å². The summed E-state index contributed by atoms with van der Waals surface area (Å²) in [5.74, 6) is -2.90. The lowest BCUT2D eigenvalue weighted by Gasteiger charge is -2.29. The molecule has 4 aliphatic heterocycles. The molecule has 7 amide bonds. The van der Waals surface area contributed by atoms with Crippen LogP contribution in [0.1, 0.15) is 70.9 Å². The summed E-state index contributed by atoms with van der Waals surface area (Å²) in [6.45, 7) is 4.63. The molecule has 2 aromatic carbocycles. The minimum Gasteiger partial charge on any atom is -0.480 e. The fourth-order valence-corrected chi connectivity index (χ4v) is 8.59. The van der Waals surface area contributed by atoms with Crippen molar-refractivity contribution in [1.82, 2.24) is 50.5 Å². The summed E-state index contributed by atoms with van der Waals surface area (Å²) >= 11 is 0. The standard InChI is InChI=1S/C31H36N10O5.C15H15N3O5/c1-2-12-40-17-19(15-36-40)27-21-8-9-33-28(21)39-31(38-27)34-11-14-46-13-10-32-26(43)16-35-23-5-3-4-20-22(23)18-41(30(20)45)24-6-7-25(42)37-29(24)44;19-12-5-4-11(14(22)17-12)18-7-9-8(15(18)23)2-1-3-10(9)16-6-13(20)21/h3-5,8-9,15,17,24,35H,2,6-7,10-14,16,18H2,1H3,(H,32,43)(H,37,42,44)(H2,33,34,38,39);1-3,11,16H,4-7H2,(H,20,21)(H,17,19,22). The zero-order valence-electron chi connectivity index (χ0n) is 37.6. The lowest BCUT2D eigenvalue weighted by molar-refractivity contribution is -0.138. The monoisotopic (exact) mass is 945 g/mol. The Kier molecular flexibility index (Phi) is 14.5. The highest BCUT2D eigenvalue weighted by atomic mass is 16.5. The van der Waals surface area contributed by atoms with Gasteiger partial charge in [-0.1, -0.05) is 19.1 Å². The maximum Gasteiger partial charge on any atom is 0.322 e. The maximum absolute atomic E-state index is 13.0. The topological polar surface area (TPSA) is 304 Å². The highest BCUT2D eigenvalue weighted by molar-refractivity contribution is 6.07. The Morgan fingerprint density at radius 1 is 0.783 bits per heavy atom. The Labute approximate surface area is 394 Å². The average Bonchev–Trinajstić information content (AvgIpc) is 4.14. The van der Waals surface area contributed by atoms with Gasteiger partial charge < -0.3 is 45.9 Å². The molecule has 3 aromatic heterocycles. The summed E-state index contributed by atoms with van der Waals surface area (Å²) in [6, 6.07) is 10.8. The van der Waals surface area contributed by atoms with Crippen molar-refractivity contribution in [2.75, 3.05) is 55.3 Å². The number of carboxylic acid groups (broad SMARTS) is 1. The van der Waals surface area contributed by atoms with Crippen molar-refractivity contribution in [3.05, 3.63) is 83.3 Å². The van der Waals surface area contributed by atoms with Gasteiger partial charge in [0.05, 0.1) is 31.6 Å². The number of benzene rings is 2. The Morgan fingerprint density at radius 2 is 1.39 bits per heavy atom. The molecule has 2 saturated heterocycles. The highest BCUT2D eigenvalue weighted by Crippen LogP contribution is 2.34. The SMILES string of the molecule is CCCn1cc(-c2nc(NCCOCCNC(=O)CNc3cccc4c3CN(C3CCC(=O)NC3=O)C4=O)nc3[nH]ccc23)cn1.O=C(O)CNc1cccc2c1CN(C1CCC(=O)NC1=O)C2=O. The normalized spacial score (nSPS) is 17.5. The third-order valence-corrected chi connectivity index (χ3v) is 11.9. The third kappa shape index (κ3) is 10.8. The van der Waals surface area contributed by atoms with Crippen LogP contribution < -0.4 is 31.9 Å². The molecule has 0 radical (unpaired) electrons. The van der Waals surface area contributed by atoms with Gasteiger partial charge in [0.25, 0.3) is 11.8 Å². The number of amides is 7. The third-order valence-electron chi connectivity index (χ3n) is 11.9. The number of anilines is 3. The van der Waals surface area contributed by atoms with Crippen molar-refractivity contribution in [1.29, 1.82) is 0 Å². The molecule has 4 aliphatic rings. The lowest BCUT2D eigenvalue weighted by atomic mass is 10.0. The Bertz CT molecular complexity index is 2820. The van der Waals surface area contributed by atoms with Gasteiger partial charge >= 0.3 is 5.97 Å². The van der Waals surface area contributed by atoms with Crippen molar-refractivity contribution in [3.8, 4) is 11.3 Å². The van der Waals surface area contributed by atoms with Crippen LogP contribution in [0.2, 0.25) is 0 Å². The Hall–Kier alpha value is -8.21. The fourth-order valence-electron chi connectivity index (χ4n) is 8.59. The molecule has 9 rings (SSSR count). The summed E-state index contributed by atoms with van der Waals surface area (Å²) in [6.07, 6.45) is 7.59. The second-order valence-corrected chi connectivity index (χ2v) is 16.6. The van der Waals surface area contributed by atoms with Gasteiger partial charge in [0, 0.05) is 103 Å². The van der Waals surface area contributed by atoms with Crippen molar-refractivity contribution in [2.45, 2.75) is 70.7 Å². The second kappa shape index (κ2) is 21.2. The van der Waals surface area contributed by atoms with E-state index in [0.717, 1.165) is 40.8 Å². The Morgan fingerprint density at radius 3 is 1.99 bits per heavy atom. The number of carbonyl (C=O) groups excluding carboxylic acids is 7. The number of aliphatic carboxylic acids is 1. The first kappa shape index (κ1) is 47.3. The van der Waals surface area contributed by atoms with Crippen LogP contribution in [0.15, 0.2) is 61.1 Å². The van der Waals surface area contributed by atoms with Gasteiger partial charge in [-0.2, -0.15) is 10.1 Å². The number of hydrogen-bond donors (Lipinski definition) is 8. The van der Waals surface area contributed by atoms with Crippen LogP contribution in [0.25, 0.3) is 22.3 Å². The predicted octanol–water partition coefficient (Wildman–Crippen LogP) is 1.59. The molecule has 0 saturated carbocycles. The van der Waals surface area contributed by atoms with Gasteiger partial charge in [-0.25, -0.2) is 4.98 Å². The lowest BCUT2D eigenvalue weighted by Crippen LogP contribution is -2.52. The van der Waals surface area contributed by atoms with Gasteiger partial charge in [0.15, 0.2) is 0 Å². The van der Waals surface area contributed by atoms with Crippen LogP contribution in [-0.4, -0.2) is 138 Å². The van der Waals surface area contributed by atoms with E-state index in [1.54, 1.807) is 36.4 Å². The van der Waals surface area contributed by atoms with Gasteiger partial charge in [0.2, 0.25) is 35.5 Å². The predicted molar refractivity (Wildman–Crippen MR) is 247 cm³/mol. The smallest absolute Gasteiger partial charge is 0.322 e. The number of H-pyrrole nitrogens is 1. The molecule has 0 bridgehead atoms. The molecule has 23 heteroatoms. The number of nitrogens with one attached hydrogen (secondary N) is 7. The number of aromatic amines is 1. The van der Waals surface area contributed by atoms with Gasteiger partial charge in [0.1, 0.15) is 24.3 Å². The molecule has 0 aliphatic carbocycles. The summed E-state index contributed by atoms with van der Waals surface area (Å²) in [5, 5.41) is 30.6. The number of ether oxygens (including phenoxy) is 1. The summed E-state index contributed by atoms with van der Waals surface area (Å²) < 4.78 is 7.58. The number of imide groups is 2. The molecule has 7 heterocycles. The maximum atomic E-state index is 13.0. The molecule has 2 unspecified atom stereocenters. The quantitative estimate of drug-likeness (QED) is 0.0457. The van der Waals surface area contributed by atoms with Crippen molar-refractivity contribution in [2.24, 2.45) is 0 Å². The van der Waals surface area contributed by atoms with E-state index in [4.69, 9.17) is 14.8 Å². The van der Waals surface area contributed by atoms with Crippen molar-refractivity contribution < 1.29 is 48.2 Å². The number of aromatic nitrogens is 5. The zero-order chi connectivity index (χ0) is 48.6. The number of fused-ring (bicyclic) bond motifs is 3.